The van der Waals surface area contributed by atoms with Gasteiger partial charge in [0.2, 0.25) is 0 Å². The van der Waals surface area contributed by atoms with Gasteiger partial charge in [-0.1, -0.05) is 31.2 Å². The summed E-state index contributed by atoms with van der Waals surface area (Å²) < 4.78 is 1.74. The third kappa shape index (κ3) is 5.25. The van der Waals surface area contributed by atoms with Crippen molar-refractivity contribution in [2.45, 2.75) is 39.7 Å². The summed E-state index contributed by atoms with van der Waals surface area (Å²) in [4.78, 5) is 32.1. The van der Waals surface area contributed by atoms with E-state index in [1.54, 1.807) is 11.5 Å². The van der Waals surface area contributed by atoms with Crippen LogP contribution in [0.1, 0.15) is 47.8 Å². The van der Waals surface area contributed by atoms with Crippen molar-refractivity contribution in [1.82, 2.24) is 19.8 Å². The quantitative estimate of drug-likeness (QED) is 0.579. The Balaban J connectivity index is 1.34. The molecule has 1 aliphatic heterocycles. The standard InChI is InChI=1S/C26H32N4O2/c1-19-7-5-15-29(17-19)16-6-14-27-25(31)22-12-10-21(11-13-22)18-30-24-9-4-3-8-23(24)28-20(2)26(30)32/h3-4,8-13,19H,5-7,14-18H2,1-2H3,(H,27,31)/t19-/m1/s1. The van der Waals surface area contributed by atoms with E-state index < -0.39 is 0 Å². The first-order chi connectivity index (χ1) is 15.5. The molecule has 4 rings (SSSR count). The largest absolute Gasteiger partial charge is 0.352 e. The first-order valence-electron chi connectivity index (χ1n) is 11.6. The van der Waals surface area contributed by atoms with E-state index in [1.807, 2.05) is 48.5 Å². The third-order valence-corrected chi connectivity index (χ3v) is 6.25. The Bertz CT molecular complexity index is 1140. The average Bonchev–Trinajstić information content (AvgIpc) is 2.80. The van der Waals surface area contributed by atoms with Gasteiger partial charge in [-0.25, -0.2) is 4.98 Å². The number of hydrogen-bond donors (Lipinski definition) is 1. The van der Waals surface area contributed by atoms with Crippen molar-refractivity contribution in [2.75, 3.05) is 26.2 Å². The molecular formula is C26H32N4O2. The minimum Gasteiger partial charge on any atom is -0.352 e. The van der Waals surface area contributed by atoms with Gasteiger partial charge in [-0.2, -0.15) is 0 Å². The van der Waals surface area contributed by atoms with Crippen LogP contribution in [0.4, 0.5) is 0 Å². The fourth-order valence-electron chi connectivity index (χ4n) is 4.52. The van der Waals surface area contributed by atoms with Crippen molar-refractivity contribution in [3.05, 3.63) is 75.7 Å². The SMILES string of the molecule is Cc1nc2ccccc2n(Cc2ccc(C(=O)NCCCN3CCC[C@@H](C)C3)cc2)c1=O. The van der Waals surface area contributed by atoms with Crippen molar-refractivity contribution in [1.29, 1.82) is 0 Å². The van der Waals surface area contributed by atoms with E-state index in [1.165, 1.54) is 25.9 Å². The summed E-state index contributed by atoms with van der Waals surface area (Å²) in [5.74, 6) is 0.729. The third-order valence-electron chi connectivity index (χ3n) is 6.25. The zero-order valence-electron chi connectivity index (χ0n) is 19.0. The van der Waals surface area contributed by atoms with E-state index in [2.05, 4.69) is 22.1 Å². The smallest absolute Gasteiger partial charge is 0.272 e. The number of nitrogens with zero attached hydrogens (tertiary/aromatic N) is 3. The maximum absolute atomic E-state index is 12.7. The average molecular weight is 433 g/mol. The minimum absolute atomic E-state index is 0.0501. The van der Waals surface area contributed by atoms with Gasteiger partial charge >= 0.3 is 0 Å². The van der Waals surface area contributed by atoms with Crippen molar-refractivity contribution in [2.24, 2.45) is 5.92 Å². The molecule has 0 saturated carbocycles. The van der Waals surface area contributed by atoms with Crippen LogP contribution in [0.15, 0.2) is 53.3 Å². The first-order valence-corrected chi connectivity index (χ1v) is 11.6. The van der Waals surface area contributed by atoms with Gasteiger partial charge in [-0.15, -0.1) is 0 Å². The van der Waals surface area contributed by atoms with E-state index in [0.717, 1.165) is 35.5 Å². The normalized spacial score (nSPS) is 16.9. The molecule has 0 unspecified atom stereocenters. The van der Waals surface area contributed by atoms with E-state index in [4.69, 9.17) is 0 Å². The number of carbonyl (C=O) groups excluding carboxylic acids is 1. The summed E-state index contributed by atoms with van der Waals surface area (Å²) in [5.41, 5.74) is 3.63. The van der Waals surface area contributed by atoms with Gasteiger partial charge in [0.15, 0.2) is 0 Å². The van der Waals surface area contributed by atoms with Crippen molar-refractivity contribution < 1.29 is 4.79 Å². The number of piperidine rings is 1. The molecule has 2 aromatic carbocycles. The zero-order chi connectivity index (χ0) is 22.5. The van der Waals surface area contributed by atoms with Crippen LogP contribution in [0.2, 0.25) is 0 Å². The number of amides is 1. The molecule has 1 N–H and O–H groups in total. The van der Waals surface area contributed by atoms with Crippen LogP contribution in [0, 0.1) is 12.8 Å². The molecular weight excluding hydrogens is 400 g/mol. The lowest BCUT2D eigenvalue weighted by atomic mass is 10.0. The van der Waals surface area contributed by atoms with Crippen LogP contribution in [0.5, 0.6) is 0 Å². The highest BCUT2D eigenvalue weighted by atomic mass is 16.1. The fraction of sp³-hybridized carbons (Fsp3) is 0.423. The first kappa shape index (κ1) is 22.2. The van der Waals surface area contributed by atoms with Crippen LogP contribution in [-0.4, -0.2) is 46.5 Å². The maximum atomic E-state index is 12.7. The Morgan fingerprint density at radius 2 is 1.94 bits per heavy atom. The molecule has 1 amide bonds. The lowest BCUT2D eigenvalue weighted by Crippen LogP contribution is -2.36. The molecule has 32 heavy (non-hydrogen) atoms. The van der Waals surface area contributed by atoms with Gasteiger partial charge in [0.05, 0.1) is 17.6 Å². The molecule has 168 valence electrons. The predicted octanol–water partition coefficient (Wildman–Crippen LogP) is 3.61. The van der Waals surface area contributed by atoms with Crippen molar-refractivity contribution >= 4 is 16.9 Å². The molecule has 6 nitrogen and oxygen atoms in total. The van der Waals surface area contributed by atoms with Gasteiger partial charge in [0.25, 0.3) is 11.5 Å². The molecule has 1 saturated heterocycles. The monoisotopic (exact) mass is 432 g/mol. The molecule has 3 aromatic rings. The zero-order valence-corrected chi connectivity index (χ0v) is 19.0. The van der Waals surface area contributed by atoms with Crippen LogP contribution in [0.25, 0.3) is 11.0 Å². The molecule has 1 aliphatic rings. The van der Waals surface area contributed by atoms with Gasteiger partial charge in [0.1, 0.15) is 5.69 Å². The van der Waals surface area contributed by atoms with E-state index in [9.17, 15) is 9.59 Å². The highest BCUT2D eigenvalue weighted by Crippen LogP contribution is 2.15. The minimum atomic E-state index is -0.0892. The highest BCUT2D eigenvalue weighted by Gasteiger charge is 2.15. The highest BCUT2D eigenvalue weighted by molar-refractivity contribution is 5.94. The Labute approximate surface area is 189 Å². The number of carbonyl (C=O) groups is 1. The van der Waals surface area contributed by atoms with Crippen LogP contribution < -0.4 is 10.9 Å². The lowest BCUT2D eigenvalue weighted by Gasteiger charge is -2.30. The number of rotatable bonds is 7. The Kier molecular flexibility index (Phi) is 7.00. The molecule has 0 radical (unpaired) electrons. The topological polar surface area (TPSA) is 67.2 Å². The lowest BCUT2D eigenvalue weighted by molar-refractivity contribution is 0.0950. The van der Waals surface area contributed by atoms with E-state index in [-0.39, 0.29) is 11.5 Å². The van der Waals surface area contributed by atoms with Crippen molar-refractivity contribution in [3.8, 4) is 0 Å². The molecule has 1 aromatic heterocycles. The molecule has 1 fully saturated rings. The second-order valence-corrected chi connectivity index (χ2v) is 8.93. The number of hydrogen-bond acceptors (Lipinski definition) is 4. The van der Waals surface area contributed by atoms with Gasteiger partial charge < -0.3 is 14.8 Å². The number of aryl methyl sites for hydroxylation is 1. The predicted molar refractivity (Wildman–Crippen MR) is 128 cm³/mol. The number of benzene rings is 2. The van der Waals surface area contributed by atoms with Gasteiger partial charge in [0, 0.05) is 18.7 Å². The van der Waals surface area contributed by atoms with Crippen molar-refractivity contribution in [3.63, 3.8) is 0 Å². The Morgan fingerprint density at radius 1 is 1.16 bits per heavy atom. The van der Waals surface area contributed by atoms with E-state index >= 15 is 0 Å². The summed E-state index contributed by atoms with van der Waals surface area (Å²) in [6.45, 7) is 8.57. The molecule has 0 spiro atoms. The summed E-state index contributed by atoms with van der Waals surface area (Å²) >= 11 is 0. The van der Waals surface area contributed by atoms with Gasteiger partial charge in [-0.3, -0.25) is 9.59 Å². The fourth-order valence-corrected chi connectivity index (χ4v) is 4.52. The maximum Gasteiger partial charge on any atom is 0.272 e. The number of para-hydroxylation sites is 2. The second kappa shape index (κ2) is 10.1. The molecule has 6 heteroatoms. The summed E-state index contributed by atoms with van der Waals surface area (Å²) in [6.07, 6.45) is 3.57. The Hall–Kier alpha value is -2.99. The summed E-state index contributed by atoms with van der Waals surface area (Å²) in [5, 5.41) is 3.03. The Morgan fingerprint density at radius 3 is 2.72 bits per heavy atom. The summed E-state index contributed by atoms with van der Waals surface area (Å²) in [6, 6.07) is 15.2. The number of likely N-dealkylation sites (tertiary alicyclic amines) is 1. The van der Waals surface area contributed by atoms with Crippen LogP contribution >= 0.6 is 0 Å². The van der Waals surface area contributed by atoms with Crippen LogP contribution in [0.3, 0.4) is 0 Å². The number of nitrogens with one attached hydrogen (secondary N) is 1. The van der Waals surface area contributed by atoms with E-state index in [0.29, 0.717) is 24.3 Å². The van der Waals surface area contributed by atoms with Crippen LogP contribution in [-0.2, 0) is 6.54 Å². The number of fused-ring (bicyclic) bond motifs is 1. The molecule has 0 aliphatic carbocycles. The number of aromatic nitrogens is 2. The molecule has 1 atom stereocenters. The summed E-state index contributed by atoms with van der Waals surface area (Å²) in [7, 11) is 0. The molecule has 2 heterocycles. The van der Waals surface area contributed by atoms with Gasteiger partial charge in [-0.05, 0) is 75.0 Å². The second-order valence-electron chi connectivity index (χ2n) is 8.93. The molecule has 0 bridgehead atoms.